The molecule has 1 aromatic rings. The van der Waals surface area contributed by atoms with Gasteiger partial charge in [-0.05, 0) is 43.5 Å². The van der Waals surface area contributed by atoms with Crippen molar-refractivity contribution in [3.05, 3.63) is 35.4 Å². The molecular weight excluding hydrogens is 312 g/mol. The average molecular weight is 332 g/mol. The van der Waals surface area contributed by atoms with E-state index in [1.807, 2.05) is 4.90 Å². The lowest BCUT2D eigenvalue weighted by molar-refractivity contribution is -0.132. The molecule has 2 amide bonds. The molecule has 0 aliphatic carbocycles. The van der Waals surface area contributed by atoms with Crippen LogP contribution in [0.4, 0.5) is 0 Å². The maximum Gasteiger partial charge on any atom is 0.335 e. The lowest BCUT2D eigenvalue weighted by atomic mass is 10.1. The SMILES string of the molecule is O=C(O)c1ccc(C(=O)NC2CCN(C3CCOCC3)C2=O)cc1. The van der Waals surface area contributed by atoms with Gasteiger partial charge in [0.25, 0.3) is 5.91 Å². The molecule has 2 aliphatic heterocycles. The summed E-state index contributed by atoms with van der Waals surface area (Å²) in [6.07, 6.45) is 2.27. The molecular formula is C17H20N2O5. The predicted molar refractivity (Wildman–Crippen MR) is 84.8 cm³/mol. The van der Waals surface area contributed by atoms with Gasteiger partial charge in [-0.3, -0.25) is 9.59 Å². The maximum atomic E-state index is 12.5. The first-order valence-electron chi connectivity index (χ1n) is 8.08. The number of likely N-dealkylation sites (tertiary alicyclic amines) is 1. The fourth-order valence-electron chi connectivity index (χ4n) is 3.20. The molecule has 2 saturated heterocycles. The van der Waals surface area contributed by atoms with Crippen LogP contribution >= 0.6 is 0 Å². The number of hydrogen-bond acceptors (Lipinski definition) is 4. The van der Waals surface area contributed by atoms with E-state index in [1.165, 1.54) is 24.3 Å². The van der Waals surface area contributed by atoms with Crippen LogP contribution in [-0.4, -0.2) is 59.6 Å². The van der Waals surface area contributed by atoms with E-state index in [0.29, 0.717) is 31.7 Å². The molecule has 0 saturated carbocycles. The van der Waals surface area contributed by atoms with Gasteiger partial charge in [-0.15, -0.1) is 0 Å². The topological polar surface area (TPSA) is 95.9 Å². The number of hydrogen-bond donors (Lipinski definition) is 2. The van der Waals surface area contributed by atoms with Gasteiger partial charge in [0, 0.05) is 31.4 Å². The molecule has 7 nitrogen and oxygen atoms in total. The number of nitrogens with one attached hydrogen (secondary N) is 1. The number of rotatable bonds is 4. The number of carboxylic acids is 1. The highest BCUT2D eigenvalue weighted by atomic mass is 16.5. The van der Waals surface area contributed by atoms with E-state index >= 15 is 0 Å². The summed E-state index contributed by atoms with van der Waals surface area (Å²) in [6.45, 7) is 1.98. The molecule has 0 spiro atoms. The van der Waals surface area contributed by atoms with Gasteiger partial charge in [-0.2, -0.15) is 0 Å². The fourth-order valence-corrected chi connectivity index (χ4v) is 3.20. The molecule has 0 bridgehead atoms. The summed E-state index contributed by atoms with van der Waals surface area (Å²) in [7, 11) is 0. The van der Waals surface area contributed by atoms with Crippen molar-refractivity contribution in [1.82, 2.24) is 10.2 Å². The molecule has 24 heavy (non-hydrogen) atoms. The van der Waals surface area contributed by atoms with Gasteiger partial charge >= 0.3 is 5.97 Å². The number of benzene rings is 1. The number of carboxylic acid groups (broad SMARTS) is 1. The van der Waals surface area contributed by atoms with Crippen molar-refractivity contribution in [1.29, 1.82) is 0 Å². The minimum absolute atomic E-state index is 0.0441. The second-order valence-electron chi connectivity index (χ2n) is 6.07. The summed E-state index contributed by atoms with van der Waals surface area (Å²) in [4.78, 5) is 37.4. The van der Waals surface area contributed by atoms with Gasteiger partial charge in [-0.25, -0.2) is 4.79 Å². The van der Waals surface area contributed by atoms with Gasteiger partial charge in [-0.1, -0.05) is 0 Å². The van der Waals surface area contributed by atoms with E-state index in [-0.39, 0.29) is 23.4 Å². The summed E-state index contributed by atoms with van der Waals surface area (Å²) in [5.41, 5.74) is 0.464. The highest BCUT2D eigenvalue weighted by molar-refractivity contribution is 5.99. The van der Waals surface area contributed by atoms with E-state index in [9.17, 15) is 14.4 Å². The first-order valence-corrected chi connectivity index (χ1v) is 8.08. The number of amides is 2. The second kappa shape index (κ2) is 7.00. The molecule has 0 aromatic heterocycles. The van der Waals surface area contributed by atoms with Crippen LogP contribution in [0.3, 0.4) is 0 Å². The largest absolute Gasteiger partial charge is 0.478 e. The lowest BCUT2D eigenvalue weighted by Gasteiger charge is -2.31. The molecule has 128 valence electrons. The Morgan fingerprint density at radius 1 is 1.08 bits per heavy atom. The lowest BCUT2D eigenvalue weighted by Crippen LogP contribution is -2.46. The standard InChI is InChI=1S/C17H20N2O5/c20-15(11-1-3-12(4-2-11)17(22)23)18-14-5-8-19(16(14)21)13-6-9-24-10-7-13/h1-4,13-14H,5-10H2,(H,18,20)(H,22,23). The third kappa shape index (κ3) is 3.41. The monoisotopic (exact) mass is 332 g/mol. The molecule has 2 fully saturated rings. The van der Waals surface area contributed by atoms with Crippen LogP contribution in [-0.2, 0) is 9.53 Å². The van der Waals surface area contributed by atoms with Crippen molar-refractivity contribution in [3.8, 4) is 0 Å². The highest BCUT2D eigenvalue weighted by Gasteiger charge is 2.37. The van der Waals surface area contributed by atoms with Crippen molar-refractivity contribution >= 4 is 17.8 Å². The third-order valence-electron chi connectivity index (χ3n) is 4.57. The average Bonchev–Trinajstić information content (AvgIpc) is 2.96. The molecule has 2 heterocycles. The minimum Gasteiger partial charge on any atom is -0.478 e. The number of ether oxygens (including phenoxy) is 1. The van der Waals surface area contributed by atoms with Crippen LogP contribution < -0.4 is 5.32 Å². The highest BCUT2D eigenvalue weighted by Crippen LogP contribution is 2.21. The smallest absolute Gasteiger partial charge is 0.335 e. The zero-order valence-electron chi connectivity index (χ0n) is 13.2. The Morgan fingerprint density at radius 3 is 2.33 bits per heavy atom. The van der Waals surface area contributed by atoms with Crippen LogP contribution in [0.5, 0.6) is 0 Å². The first-order chi connectivity index (χ1) is 11.6. The van der Waals surface area contributed by atoms with Crippen molar-refractivity contribution in [2.45, 2.75) is 31.3 Å². The molecule has 7 heteroatoms. The van der Waals surface area contributed by atoms with Gasteiger partial charge in [0.1, 0.15) is 6.04 Å². The summed E-state index contributed by atoms with van der Waals surface area (Å²) in [5.74, 6) is -1.45. The summed E-state index contributed by atoms with van der Waals surface area (Å²) >= 11 is 0. The zero-order chi connectivity index (χ0) is 17.1. The molecule has 3 rings (SSSR count). The third-order valence-corrected chi connectivity index (χ3v) is 4.57. The Labute approximate surface area is 139 Å². The van der Waals surface area contributed by atoms with Gasteiger partial charge in [0.15, 0.2) is 0 Å². The van der Waals surface area contributed by atoms with Gasteiger partial charge in [0.2, 0.25) is 5.91 Å². The predicted octanol–water partition coefficient (Wildman–Crippen LogP) is 0.894. The van der Waals surface area contributed by atoms with Crippen LogP contribution in [0, 0.1) is 0 Å². The second-order valence-corrected chi connectivity index (χ2v) is 6.07. The zero-order valence-corrected chi connectivity index (χ0v) is 13.2. The van der Waals surface area contributed by atoms with Gasteiger partial charge < -0.3 is 20.1 Å². The Balaban J connectivity index is 1.60. The normalized spacial score (nSPS) is 21.8. The van der Waals surface area contributed by atoms with E-state index in [1.54, 1.807) is 0 Å². The van der Waals surface area contributed by atoms with Crippen LogP contribution in [0.15, 0.2) is 24.3 Å². The van der Waals surface area contributed by atoms with E-state index in [0.717, 1.165) is 12.8 Å². The molecule has 2 aliphatic rings. The summed E-state index contributed by atoms with van der Waals surface area (Å²) in [6, 6.07) is 5.34. The number of aromatic carboxylic acids is 1. The Kier molecular flexibility index (Phi) is 4.80. The Hall–Kier alpha value is -2.41. The first kappa shape index (κ1) is 16.4. The fraction of sp³-hybridized carbons (Fsp3) is 0.471. The van der Waals surface area contributed by atoms with Crippen molar-refractivity contribution in [2.24, 2.45) is 0 Å². The summed E-state index contributed by atoms with van der Waals surface area (Å²) in [5, 5.41) is 11.6. The Morgan fingerprint density at radius 2 is 1.71 bits per heavy atom. The number of carbonyl (C=O) groups excluding carboxylic acids is 2. The van der Waals surface area contributed by atoms with Crippen molar-refractivity contribution in [3.63, 3.8) is 0 Å². The van der Waals surface area contributed by atoms with Crippen LogP contribution in [0.1, 0.15) is 40.0 Å². The van der Waals surface area contributed by atoms with E-state index < -0.39 is 12.0 Å². The van der Waals surface area contributed by atoms with Crippen molar-refractivity contribution in [2.75, 3.05) is 19.8 Å². The van der Waals surface area contributed by atoms with Gasteiger partial charge in [0.05, 0.1) is 5.56 Å². The molecule has 1 aromatic carbocycles. The van der Waals surface area contributed by atoms with Crippen LogP contribution in [0.25, 0.3) is 0 Å². The minimum atomic E-state index is -1.04. The molecule has 2 N–H and O–H groups in total. The number of nitrogens with zero attached hydrogens (tertiary/aromatic N) is 1. The molecule has 1 atom stereocenters. The number of carbonyl (C=O) groups is 3. The van der Waals surface area contributed by atoms with Crippen LogP contribution in [0.2, 0.25) is 0 Å². The molecule has 0 radical (unpaired) electrons. The quantitative estimate of drug-likeness (QED) is 0.854. The van der Waals surface area contributed by atoms with E-state index in [4.69, 9.17) is 9.84 Å². The Bertz CT molecular complexity index is 637. The van der Waals surface area contributed by atoms with Crippen molar-refractivity contribution < 1.29 is 24.2 Å². The summed E-state index contributed by atoms with van der Waals surface area (Å²) < 4.78 is 5.32. The molecule has 1 unspecified atom stereocenters. The maximum absolute atomic E-state index is 12.5. The van der Waals surface area contributed by atoms with E-state index in [2.05, 4.69) is 5.32 Å².